The minimum atomic E-state index is -4.71. The Hall–Kier alpha value is -0.830. The third-order valence-corrected chi connectivity index (χ3v) is 5.24. The Balaban J connectivity index is 3.37. The molecule has 0 aliphatic carbocycles. The van der Waals surface area contributed by atoms with Crippen molar-refractivity contribution in [3.8, 4) is 5.75 Å². The molecule has 0 unspecified atom stereocenters. The zero-order valence-corrected chi connectivity index (χ0v) is 11.2. The molecule has 17 heavy (non-hydrogen) atoms. The van der Waals surface area contributed by atoms with Crippen molar-refractivity contribution in [2.75, 3.05) is 7.11 Å². The summed E-state index contributed by atoms with van der Waals surface area (Å²) in [4.78, 5) is 23.1. The van der Waals surface area contributed by atoms with E-state index in [9.17, 15) is 14.4 Å². The highest BCUT2D eigenvalue weighted by molar-refractivity contribution is 7.50. The molecular formula is C12H17O4P-2. The molecule has 0 aliphatic heterocycles. The summed E-state index contributed by atoms with van der Waals surface area (Å²) in [5.74, 6) is 0.558. The van der Waals surface area contributed by atoms with Crippen LogP contribution in [0.1, 0.15) is 32.3 Å². The van der Waals surface area contributed by atoms with Gasteiger partial charge in [-0.05, 0) is 30.5 Å². The second-order valence-corrected chi connectivity index (χ2v) is 5.82. The van der Waals surface area contributed by atoms with E-state index in [2.05, 4.69) is 0 Å². The van der Waals surface area contributed by atoms with Crippen molar-refractivity contribution >= 4 is 7.60 Å². The molecule has 1 aromatic carbocycles. The second-order valence-electron chi connectivity index (χ2n) is 3.97. The summed E-state index contributed by atoms with van der Waals surface area (Å²) in [6, 6.07) is 6.71. The normalized spacial score (nSPS) is 12.5. The molecule has 0 radical (unpaired) electrons. The van der Waals surface area contributed by atoms with Gasteiger partial charge < -0.3 is 19.1 Å². The molecule has 4 nitrogen and oxygen atoms in total. The molecule has 0 atom stereocenters. The third kappa shape index (κ3) is 2.54. The van der Waals surface area contributed by atoms with Crippen LogP contribution in [0.15, 0.2) is 24.3 Å². The minimum Gasteiger partial charge on any atom is -0.810 e. The Bertz CT molecular complexity index is 420. The van der Waals surface area contributed by atoms with Gasteiger partial charge in [0.15, 0.2) is 0 Å². The van der Waals surface area contributed by atoms with Gasteiger partial charge in [-0.3, -0.25) is 0 Å². The van der Waals surface area contributed by atoms with Crippen LogP contribution in [0, 0.1) is 0 Å². The van der Waals surface area contributed by atoms with Crippen molar-refractivity contribution in [2.45, 2.75) is 31.8 Å². The van der Waals surface area contributed by atoms with E-state index in [1.165, 1.54) is 7.11 Å². The second kappa shape index (κ2) is 5.21. The lowest BCUT2D eigenvalue weighted by molar-refractivity contribution is -0.322. The first-order chi connectivity index (χ1) is 7.91. The van der Waals surface area contributed by atoms with Gasteiger partial charge in [-0.15, -0.1) is 0 Å². The maximum atomic E-state index is 11.5. The molecule has 96 valence electrons. The lowest BCUT2D eigenvalue weighted by Crippen LogP contribution is -2.36. The molecule has 1 rings (SSSR count). The number of hydrogen-bond donors (Lipinski definition) is 0. The summed E-state index contributed by atoms with van der Waals surface area (Å²) in [5, 5.41) is -1.33. The van der Waals surface area contributed by atoms with Gasteiger partial charge in [0, 0.05) is 5.16 Å². The number of benzene rings is 1. The quantitative estimate of drug-likeness (QED) is 0.750. The van der Waals surface area contributed by atoms with Gasteiger partial charge in [0.2, 0.25) is 0 Å². The van der Waals surface area contributed by atoms with Crippen molar-refractivity contribution in [2.24, 2.45) is 0 Å². The van der Waals surface area contributed by atoms with Gasteiger partial charge in [0.25, 0.3) is 0 Å². The first kappa shape index (κ1) is 14.2. The zero-order valence-electron chi connectivity index (χ0n) is 10.3. The van der Waals surface area contributed by atoms with Crippen LogP contribution in [0.4, 0.5) is 0 Å². The van der Waals surface area contributed by atoms with Crippen LogP contribution in [0.25, 0.3) is 0 Å². The molecule has 0 N–H and O–H groups in total. The van der Waals surface area contributed by atoms with Crippen LogP contribution in [-0.2, 0) is 9.72 Å². The van der Waals surface area contributed by atoms with E-state index in [1.54, 1.807) is 38.1 Å². The molecular weight excluding hydrogens is 239 g/mol. The van der Waals surface area contributed by atoms with Crippen LogP contribution < -0.4 is 14.5 Å². The van der Waals surface area contributed by atoms with Crippen molar-refractivity contribution < 1.29 is 19.1 Å². The molecule has 1 aromatic rings. The topological polar surface area (TPSA) is 72.4 Å². The maximum absolute atomic E-state index is 11.5. The standard InChI is InChI=1S/C12H19O4P/c1-4-12(5-2,17(13,14)15)10-7-6-8-11(9-10)16-3/h6-9H,4-5H2,1-3H3,(H2,13,14,15)/p-2. The van der Waals surface area contributed by atoms with Gasteiger partial charge in [-0.25, -0.2) is 0 Å². The molecule has 0 saturated carbocycles. The molecule has 0 spiro atoms. The smallest absolute Gasteiger partial charge is 0.119 e. The molecule has 5 heteroatoms. The van der Waals surface area contributed by atoms with Gasteiger partial charge in [-0.2, -0.15) is 0 Å². The highest BCUT2D eigenvalue weighted by atomic mass is 31.2. The molecule has 0 saturated heterocycles. The van der Waals surface area contributed by atoms with Crippen molar-refractivity contribution in [3.63, 3.8) is 0 Å². The Labute approximate surface area is 102 Å². The third-order valence-electron chi connectivity index (χ3n) is 3.30. The van der Waals surface area contributed by atoms with Crippen LogP contribution in [0.3, 0.4) is 0 Å². The summed E-state index contributed by atoms with van der Waals surface area (Å²) in [7, 11) is -3.21. The van der Waals surface area contributed by atoms with E-state index in [0.717, 1.165) is 0 Å². The molecule has 0 fully saturated rings. The first-order valence-electron chi connectivity index (χ1n) is 5.58. The molecule has 0 bridgehead atoms. The average Bonchev–Trinajstić information content (AvgIpc) is 2.30. The molecule has 0 amide bonds. The Morgan fingerprint density at radius 1 is 1.29 bits per heavy atom. The van der Waals surface area contributed by atoms with Crippen molar-refractivity contribution in [1.29, 1.82) is 0 Å². The van der Waals surface area contributed by atoms with Crippen molar-refractivity contribution in [3.05, 3.63) is 29.8 Å². The zero-order chi connectivity index (χ0) is 13.1. The largest absolute Gasteiger partial charge is 0.810 e. The van der Waals surface area contributed by atoms with E-state index < -0.39 is 12.8 Å². The summed E-state index contributed by atoms with van der Waals surface area (Å²) in [5.41, 5.74) is 0.509. The van der Waals surface area contributed by atoms with E-state index in [4.69, 9.17) is 4.74 Å². The fourth-order valence-electron chi connectivity index (χ4n) is 2.12. The van der Waals surface area contributed by atoms with Crippen LogP contribution in [-0.4, -0.2) is 7.11 Å². The number of rotatable bonds is 5. The van der Waals surface area contributed by atoms with Crippen LogP contribution in [0.2, 0.25) is 0 Å². The summed E-state index contributed by atoms with van der Waals surface area (Å²) >= 11 is 0. The number of hydrogen-bond acceptors (Lipinski definition) is 4. The number of ether oxygens (including phenoxy) is 1. The van der Waals surface area contributed by atoms with Gasteiger partial charge in [0.05, 0.1) is 7.11 Å². The van der Waals surface area contributed by atoms with Crippen LogP contribution in [0.5, 0.6) is 5.75 Å². The van der Waals surface area contributed by atoms with E-state index >= 15 is 0 Å². The Morgan fingerprint density at radius 3 is 2.29 bits per heavy atom. The lowest BCUT2D eigenvalue weighted by atomic mass is 9.92. The summed E-state index contributed by atoms with van der Waals surface area (Å²) in [6.07, 6.45) is 0.530. The maximum Gasteiger partial charge on any atom is 0.119 e. The Kier molecular flexibility index (Phi) is 4.36. The van der Waals surface area contributed by atoms with Gasteiger partial charge in [-0.1, -0.05) is 33.6 Å². The van der Waals surface area contributed by atoms with E-state index in [1.807, 2.05) is 0 Å². The average molecular weight is 256 g/mol. The fraction of sp³-hybridized carbons (Fsp3) is 0.500. The predicted molar refractivity (Wildman–Crippen MR) is 62.9 cm³/mol. The van der Waals surface area contributed by atoms with Crippen molar-refractivity contribution in [1.82, 2.24) is 0 Å². The Morgan fingerprint density at radius 2 is 1.88 bits per heavy atom. The number of methoxy groups -OCH3 is 1. The minimum absolute atomic E-state index is 0.265. The molecule has 0 aliphatic rings. The van der Waals surface area contributed by atoms with E-state index in [0.29, 0.717) is 11.3 Å². The molecule has 0 heterocycles. The lowest BCUT2D eigenvalue weighted by Gasteiger charge is -2.49. The highest BCUT2D eigenvalue weighted by Gasteiger charge is 2.32. The van der Waals surface area contributed by atoms with Crippen LogP contribution >= 0.6 is 7.60 Å². The summed E-state index contributed by atoms with van der Waals surface area (Å²) in [6.45, 7) is 3.43. The molecule has 0 aromatic heterocycles. The van der Waals surface area contributed by atoms with Gasteiger partial charge in [0.1, 0.15) is 5.75 Å². The monoisotopic (exact) mass is 256 g/mol. The fourth-order valence-corrected chi connectivity index (χ4v) is 3.35. The van der Waals surface area contributed by atoms with Gasteiger partial charge >= 0.3 is 0 Å². The SMILES string of the molecule is CCC(CC)(c1cccc(OC)c1)P(=O)([O-])[O-]. The summed E-state index contributed by atoms with van der Waals surface area (Å²) < 4.78 is 16.6. The predicted octanol–water partition coefficient (Wildman–Crippen LogP) is 1.62. The highest BCUT2D eigenvalue weighted by Crippen LogP contribution is 2.55. The van der Waals surface area contributed by atoms with E-state index in [-0.39, 0.29) is 12.8 Å². The first-order valence-corrected chi connectivity index (χ1v) is 7.12.